The van der Waals surface area contributed by atoms with Gasteiger partial charge in [-0.1, -0.05) is 78.9 Å². The Morgan fingerprint density at radius 3 is 1.80 bits per heavy atom. The maximum absolute atomic E-state index is 10.4. The van der Waals surface area contributed by atoms with Crippen molar-refractivity contribution in [3.63, 3.8) is 0 Å². The predicted octanol–water partition coefficient (Wildman–Crippen LogP) is 13.8. The second-order valence-electron chi connectivity index (χ2n) is 14.2. The highest BCUT2D eigenvalue weighted by atomic mass is 16.3. The van der Waals surface area contributed by atoms with Crippen molar-refractivity contribution in [3.05, 3.63) is 175 Å². The molecule has 6 heteroatoms. The second-order valence-corrected chi connectivity index (χ2v) is 14.2. The maximum Gasteiger partial charge on any atom is 0.188 e. The second kappa shape index (κ2) is 11.2. The Morgan fingerprint density at radius 2 is 1.05 bits per heavy atom. The zero-order chi connectivity index (χ0) is 37.1. The Hall–Kier alpha value is -8.06. The molecule has 0 amide bonds. The van der Waals surface area contributed by atoms with Crippen LogP contribution in [0.1, 0.15) is 5.56 Å². The highest BCUT2D eigenvalue weighted by molar-refractivity contribution is 6.28. The molecule has 258 valence electrons. The first kappa shape index (κ1) is 30.4. The SMILES string of the molecule is [C-]#[N+]c1ccc(-n2c3ccccc3c3ccc4oc5ccccc5c4c32)c(-c2cc(C#N)ccc2-n2c3ccccc3c3c4c(ccc32)oc2ccccc24)c1. The Balaban J connectivity index is 1.24. The molecule has 12 rings (SSSR count). The number of nitrogens with zero attached hydrogens (tertiary/aromatic N) is 4. The number of para-hydroxylation sites is 4. The first-order valence-corrected chi connectivity index (χ1v) is 18.4. The van der Waals surface area contributed by atoms with Crippen molar-refractivity contribution >= 4 is 93.2 Å². The fourth-order valence-corrected chi connectivity index (χ4v) is 9.07. The van der Waals surface area contributed by atoms with Gasteiger partial charge in [0.1, 0.15) is 22.3 Å². The van der Waals surface area contributed by atoms with Crippen molar-refractivity contribution < 1.29 is 8.83 Å². The average Bonchev–Trinajstić information content (AvgIpc) is 4.00. The van der Waals surface area contributed by atoms with Crippen molar-refractivity contribution in [1.29, 1.82) is 5.26 Å². The summed E-state index contributed by atoms with van der Waals surface area (Å²) >= 11 is 0. The zero-order valence-corrected chi connectivity index (χ0v) is 29.6. The standard InChI is InChI=1S/C50H26N4O2/c1-52-30-19-22-41(54-38-14-6-2-10-31(38)32-20-24-46-49(50(32)54)35-13-5-9-17-44(35)56-46)37(27-30)36-26-29(28-51)18-21-40(36)53-39-15-7-3-11-33(39)47-42(53)23-25-45-48(47)34-12-4-8-16-43(34)55-45/h2-27H. The van der Waals surface area contributed by atoms with Gasteiger partial charge in [-0.15, -0.1) is 0 Å². The first-order chi connectivity index (χ1) is 27.7. The number of benzene rings is 8. The van der Waals surface area contributed by atoms with Gasteiger partial charge in [-0.25, -0.2) is 4.85 Å². The van der Waals surface area contributed by atoms with Gasteiger partial charge in [-0.3, -0.25) is 0 Å². The molecule has 0 atom stereocenters. The predicted molar refractivity (Wildman–Crippen MR) is 226 cm³/mol. The van der Waals surface area contributed by atoms with Gasteiger partial charge in [0.2, 0.25) is 0 Å². The monoisotopic (exact) mass is 714 g/mol. The lowest BCUT2D eigenvalue weighted by atomic mass is 9.98. The first-order valence-electron chi connectivity index (χ1n) is 18.4. The van der Waals surface area contributed by atoms with Crippen LogP contribution in [0.2, 0.25) is 0 Å². The van der Waals surface area contributed by atoms with Crippen molar-refractivity contribution in [2.75, 3.05) is 0 Å². The smallest absolute Gasteiger partial charge is 0.188 e. The molecule has 0 fully saturated rings. The number of hydrogen-bond donors (Lipinski definition) is 0. The normalized spacial score (nSPS) is 11.9. The van der Waals surface area contributed by atoms with E-state index in [0.29, 0.717) is 11.3 Å². The summed E-state index contributed by atoms with van der Waals surface area (Å²) in [5, 5.41) is 19.0. The van der Waals surface area contributed by atoms with Gasteiger partial charge < -0.3 is 18.0 Å². The summed E-state index contributed by atoms with van der Waals surface area (Å²) in [6.45, 7) is 8.14. The molecule has 0 bridgehead atoms. The Morgan fingerprint density at radius 1 is 0.464 bits per heavy atom. The van der Waals surface area contributed by atoms with E-state index in [4.69, 9.17) is 15.4 Å². The van der Waals surface area contributed by atoms with Gasteiger partial charge in [0, 0.05) is 43.3 Å². The molecule has 12 aromatic rings. The molecular weight excluding hydrogens is 689 g/mol. The molecule has 0 saturated heterocycles. The Labute approximate surface area is 318 Å². The topological polar surface area (TPSA) is 64.3 Å². The Kier molecular flexibility index (Phi) is 6.10. The van der Waals surface area contributed by atoms with Crippen LogP contribution in [-0.4, -0.2) is 9.13 Å². The van der Waals surface area contributed by atoms with E-state index in [1.807, 2.05) is 66.7 Å². The summed E-state index contributed by atoms with van der Waals surface area (Å²) in [4.78, 5) is 3.92. The molecule has 0 aliphatic heterocycles. The summed E-state index contributed by atoms with van der Waals surface area (Å²) < 4.78 is 17.4. The number of rotatable bonds is 3. The molecule has 0 radical (unpaired) electrons. The number of fused-ring (bicyclic) bond motifs is 14. The molecule has 4 aromatic heterocycles. The lowest BCUT2D eigenvalue weighted by molar-refractivity contribution is 0.669. The minimum atomic E-state index is 0.505. The van der Waals surface area contributed by atoms with Crippen LogP contribution in [0.5, 0.6) is 0 Å². The van der Waals surface area contributed by atoms with Gasteiger partial charge in [0.15, 0.2) is 5.69 Å². The van der Waals surface area contributed by atoms with Crippen molar-refractivity contribution in [2.24, 2.45) is 0 Å². The van der Waals surface area contributed by atoms with Gasteiger partial charge in [0.05, 0.1) is 57.0 Å². The third kappa shape index (κ3) is 4.02. The quantitative estimate of drug-likeness (QED) is 0.171. The van der Waals surface area contributed by atoms with Crippen LogP contribution in [0.3, 0.4) is 0 Å². The highest BCUT2D eigenvalue weighted by Crippen LogP contribution is 2.46. The van der Waals surface area contributed by atoms with Crippen LogP contribution in [-0.2, 0) is 0 Å². The third-order valence-electron chi connectivity index (χ3n) is 11.4. The molecule has 0 unspecified atom stereocenters. The van der Waals surface area contributed by atoms with E-state index in [0.717, 1.165) is 110 Å². The van der Waals surface area contributed by atoms with Crippen molar-refractivity contribution in [2.45, 2.75) is 0 Å². The maximum atomic E-state index is 10.4. The number of furan rings is 2. The van der Waals surface area contributed by atoms with E-state index in [1.54, 1.807) is 0 Å². The molecule has 0 aliphatic carbocycles. The van der Waals surface area contributed by atoms with Gasteiger partial charge >= 0.3 is 0 Å². The van der Waals surface area contributed by atoms with E-state index in [9.17, 15) is 5.26 Å². The van der Waals surface area contributed by atoms with Gasteiger partial charge in [0.25, 0.3) is 0 Å². The molecule has 6 nitrogen and oxygen atoms in total. The number of aromatic nitrogens is 2. The van der Waals surface area contributed by atoms with Gasteiger partial charge in [-0.05, 0) is 84.4 Å². The minimum absolute atomic E-state index is 0.505. The molecular formula is C50H26N4O2. The van der Waals surface area contributed by atoms with E-state index < -0.39 is 0 Å². The zero-order valence-electron chi connectivity index (χ0n) is 29.6. The van der Waals surface area contributed by atoms with Crippen LogP contribution < -0.4 is 0 Å². The fraction of sp³-hybridized carbons (Fsp3) is 0. The average molecular weight is 715 g/mol. The van der Waals surface area contributed by atoms with Crippen LogP contribution in [0.4, 0.5) is 5.69 Å². The fourth-order valence-electron chi connectivity index (χ4n) is 9.07. The van der Waals surface area contributed by atoms with Crippen LogP contribution in [0.15, 0.2) is 167 Å². The van der Waals surface area contributed by atoms with E-state index in [1.165, 1.54) is 0 Å². The minimum Gasteiger partial charge on any atom is -0.456 e. The summed E-state index contributed by atoms with van der Waals surface area (Å²) in [7, 11) is 0. The van der Waals surface area contributed by atoms with Crippen LogP contribution in [0.25, 0.3) is 115 Å². The lowest BCUT2D eigenvalue weighted by Gasteiger charge is -2.19. The van der Waals surface area contributed by atoms with Crippen LogP contribution in [0, 0.1) is 17.9 Å². The molecule has 0 spiro atoms. The molecule has 4 heterocycles. The number of nitriles is 1. The lowest BCUT2D eigenvalue weighted by Crippen LogP contribution is -2.02. The molecule has 56 heavy (non-hydrogen) atoms. The summed E-state index contributed by atoms with van der Waals surface area (Å²) in [5.74, 6) is 0. The highest BCUT2D eigenvalue weighted by Gasteiger charge is 2.24. The third-order valence-corrected chi connectivity index (χ3v) is 11.4. The van der Waals surface area contributed by atoms with E-state index in [2.05, 4.69) is 111 Å². The molecule has 0 saturated carbocycles. The van der Waals surface area contributed by atoms with E-state index >= 15 is 0 Å². The summed E-state index contributed by atoms with van der Waals surface area (Å²) in [6.07, 6.45) is 0. The number of hydrogen-bond acceptors (Lipinski definition) is 3. The molecule has 0 aliphatic rings. The summed E-state index contributed by atoms with van der Waals surface area (Å²) in [5.41, 5.74) is 11.9. The van der Waals surface area contributed by atoms with Gasteiger partial charge in [-0.2, -0.15) is 5.26 Å². The summed E-state index contributed by atoms with van der Waals surface area (Å²) in [6, 6.07) is 55.8. The van der Waals surface area contributed by atoms with Crippen LogP contribution >= 0.6 is 0 Å². The largest absolute Gasteiger partial charge is 0.456 e. The molecule has 0 N–H and O–H groups in total. The van der Waals surface area contributed by atoms with E-state index in [-0.39, 0.29) is 0 Å². The Bertz CT molecular complexity index is 3750. The van der Waals surface area contributed by atoms with Crippen molar-refractivity contribution in [3.8, 4) is 28.6 Å². The molecule has 8 aromatic carbocycles. The van der Waals surface area contributed by atoms with Crippen molar-refractivity contribution in [1.82, 2.24) is 9.13 Å².